The summed E-state index contributed by atoms with van der Waals surface area (Å²) in [5.41, 5.74) is 2.20. The summed E-state index contributed by atoms with van der Waals surface area (Å²) < 4.78 is 6.35. The van der Waals surface area contributed by atoms with Gasteiger partial charge < -0.3 is 15.0 Å². The van der Waals surface area contributed by atoms with Gasteiger partial charge >= 0.3 is 6.03 Å². The van der Waals surface area contributed by atoms with Crippen molar-refractivity contribution in [3.05, 3.63) is 59.1 Å². The molecular weight excluding hydrogens is 358 g/mol. The van der Waals surface area contributed by atoms with E-state index in [1.54, 1.807) is 18.4 Å². The van der Waals surface area contributed by atoms with E-state index in [4.69, 9.17) is 9.72 Å². The van der Waals surface area contributed by atoms with Gasteiger partial charge in [-0.1, -0.05) is 24.3 Å². The van der Waals surface area contributed by atoms with Crippen molar-refractivity contribution in [3.63, 3.8) is 0 Å². The lowest BCUT2D eigenvalue weighted by atomic mass is 10.1. The first-order chi connectivity index (χ1) is 13.2. The number of hydrogen-bond donors (Lipinski definition) is 1. The average Bonchev–Trinajstić information content (AvgIpc) is 3.35. The van der Waals surface area contributed by atoms with Crippen molar-refractivity contribution in [3.8, 4) is 5.75 Å². The molecule has 1 aromatic heterocycles. The minimum atomic E-state index is 0.00488. The third kappa shape index (κ3) is 3.90. The van der Waals surface area contributed by atoms with Gasteiger partial charge in [0.2, 0.25) is 0 Å². The fraction of sp³-hybridized carbons (Fsp3) is 0.333. The van der Waals surface area contributed by atoms with E-state index in [2.05, 4.69) is 11.4 Å². The molecule has 2 amide bonds. The van der Waals surface area contributed by atoms with E-state index in [0.717, 1.165) is 42.1 Å². The van der Waals surface area contributed by atoms with Crippen LogP contribution in [0.15, 0.2) is 48.5 Å². The molecule has 1 atom stereocenters. The molecule has 0 spiro atoms. The molecule has 0 radical (unpaired) electrons. The first-order valence-electron chi connectivity index (χ1n) is 9.27. The Kier molecular flexibility index (Phi) is 5.25. The number of benzene rings is 2. The van der Waals surface area contributed by atoms with Crippen LogP contribution in [0.5, 0.6) is 5.75 Å². The number of hydrogen-bond acceptors (Lipinski definition) is 4. The fourth-order valence-electron chi connectivity index (χ4n) is 3.51. The second-order valence-electron chi connectivity index (χ2n) is 6.70. The van der Waals surface area contributed by atoms with E-state index in [0.29, 0.717) is 6.54 Å². The quantitative estimate of drug-likeness (QED) is 0.713. The number of urea groups is 1. The van der Waals surface area contributed by atoms with Crippen LogP contribution in [0, 0.1) is 0 Å². The molecule has 1 saturated heterocycles. The molecular formula is C21H23N3O2S. The molecule has 5 nitrogen and oxygen atoms in total. The maximum absolute atomic E-state index is 12.7. The van der Waals surface area contributed by atoms with Crippen molar-refractivity contribution >= 4 is 27.6 Å². The summed E-state index contributed by atoms with van der Waals surface area (Å²) in [5.74, 6) is 0.846. The third-order valence-electron chi connectivity index (χ3n) is 4.96. The highest BCUT2D eigenvalue weighted by Crippen LogP contribution is 2.36. The van der Waals surface area contributed by atoms with Crippen LogP contribution in [0.2, 0.25) is 0 Å². The number of nitrogens with one attached hydrogen (secondary N) is 1. The highest BCUT2D eigenvalue weighted by molar-refractivity contribution is 7.18. The molecule has 4 rings (SSSR count). The Labute approximate surface area is 163 Å². The van der Waals surface area contributed by atoms with Gasteiger partial charge in [0.05, 0.1) is 23.4 Å². The van der Waals surface area contributed by atoms with Gasteiger partial charge in [0.25, 0.3) is 0 Å². The maximum Gasteiger partial charge on any atom is 0.318 e. The molecule has 2 heterocycles. The van der Waals surface area contributed by atoms with E-state index in [9.17, 15) is 4.79 Å². The summed E-state index contributed by atoms with van der Waals surface area (Å²) in [4.78, 5) is 19.4. The van der Waals surface area contributed by atoms with Crippen LogP contribution in [0.3, 0.4) is 0 Å². The van der Waals surface area contributed by atoms with E-state index >= 15 is 0 Å². The van der Waals surface area contributed by atoms with Crippen molar-refractivity contribution in [1.29, 1.82) is 0 Å². The molecule has 0 saturated carbocycles. The van der Waals surface area contributed by atoms with Crippen LogP contribution in [-0.4, -0.2) is 36.1 Å². The monoisotopic (exact) mass is 381 g/mol. The van der Waals surface area contributed by atoms with Crippen LogP contribution in [0.4, 0.5) is 4.79 Å². The summed E-state index contributed by atoms with van der Waals surface area (Å²) in [6.45, 7) is 1.41. The fourth-order valence-corrected chi connectivity index (χ4v) is 4.62. The molecule has 1 unspecified atom stereocenters. The minimum absolute atomic E-state index is 0.00488. The Hall–Kier alpha value is -2.60. The van der Waals surface area contributed by atoms with Crippen LogP contribution in [0.1, 0.15) is 29.5 Å². The van der Waals surface area contributed by atoms with Crippen molar-refractivity contribution in [2.45, 2.75) is 25.3 Å². The maximum atomic E-state index is 12.7. The number of carbonyl (C=O) groups is 1. The van der Waals surface area contributed by atoms with Gasteiger partial charge in [0.1, 0.15) is 10.8 Å². The zero-order chi connectivity index (χ0) is 18.6. The van der Waals surface area contributed by atoms with Crippen molar-refractivity contribution in [2.24, 2.45) is 0 Å². The number of rotatable bonds is 5. The first kappa shape index (κ1) is 17.8. The molecule has 27 heavy (non-hydrogen) atoms. The van der Waals surface area contributed by atoms with Crippen molar-refractivity contribution in [1.82, 2.24) is 15.2 Å². The highest BCUT2D eigenvalue weighted by atomic mass is 32.1. The van der Waals surface area contributed by atoms with E-state index in [1.807, 2.05) is 47.4 Å². The molecule has 2 aromatic carbocycles. The van der Waals surface area contributed by atoms with Gasteiger partial charge in [-0.05, 0) is 49.1 Å². The number of ether oxygens (including phenoxy) is 1. The number of aromatic nitrogens is 1. The van der Waals surface area contributed by atoms with Gasteiger partial charge in [-0.2, -0.15) is 0 Å². The van der Waals surface area contributed by atoms with Crippen LogP contribution < -0.4 is 10.1 Å². The minimum Gasteiger partial charge on any atom is -0.497 e. The Morgan fingerprint density at radius 2 is 2.07 bits per heavy atom. The number of carbonyl (C=O) groups excluding carboxylic acids is 1. The van der Waals surface area contributed by atoms with E-state index in [-0.39, 0.29) is 12.1 Å². The van der Waals surface area contributed by atoms with Crippen molar-refractivity contribution in [2.75, 3.05) is 20.2 Å². The predicted octanol–water partition coefficient (Wildman–Crippen LogP) is 4.39. The molecule has 1 aliphatic heterocycles. The van der Waals surface area contributed by atoms with Crippen LogP contribution >= 0.6 is 11.3 Å². The van der Waals surface area contributed by atoms with Gasteiger partial charge in [0.15, 0.2) is 0 Å². The van der Waals surface area contributed by atoms with Crippen molar-refractivity contribution < 1.29 is 9.53 Å². The first-order valence-corrected chi connectivity index (χ1v) is 10.1. The van der Waals surface area contributed by atoms with E-state index in [1.165, 1.54) is 10.3 Å². The zero-order valence-corrected chi connectivity index (χ0v) is 16.2. The molecule has 1 fully saturated rings. The molecule has 140 valence electrons. The molecule has 0 bridgehead atoms. The lowest BCUT2D eigenvalue weighted by molar-refractivity contribution is 0.193. The Morgan fingerprint density at radius 1 is 1.26 bits per heavy atom. The SMILES string of the molecule is COc1ccc(CCNC(=O)N2CCCC2c2nc3ccccc3s2)cc1. The second-order valence-corrected chi connectivity index (χ2v) is 7.76. The Balaban J connectivity index is 1.37. The molecule has 1 aliphatic rings. The molecule has 1 N–H and O–H groups in total. The summed E-state index contributed by atoms with van der Waals surface area (Å²) in [5, 5.41) is 4.11. The third-order valence-corrected chi connectivity index (χ3v) is 6.10. The highest BCUT2D eigenvalue weighted by Gasteiger charge is 2.32. The van der Waals surface area contributed by atoms with Gasteiger partial charge in [-0.25, -0.2) is 9.78 Å². The Bertz CT molecular complexity index is 890. The summed E-state index contributed by atoms with van der Waals surface area (Å²) in [6, 6.07) is 16.2. The van der Waals surface area contributed by atoms with Crippen LogP contribution in [0.25, 0.3) is 10.2 Å². The van der Waals surface area contributed by atoms with Gasteiger partial charge in [-0.3, -0.25) is 0 Å². The van der Waals surface area contributed by atoms with Gasteiger partial charge in [-0.15, -0.1) is 11.3 Å². The predicted molar refractivity (Wildman–Crippen MR) is 108 cm³/mol. The number of thiazole rings is 1. The number of amides is 2. The number of para-hydroxylation sites is 1. The Morgan fingerprint density at radius 3 is 2.85 bits per heavy atom. The standard InChI is InChI=1S/C21H23N3O2S/c1-26-16-10-8-15(9-11-16)12-13-22-21(25)24-14-4-6-18(24)20-23-17-5-2-3-7-19(17)27-20/h2-3,5,7-11,18H,4,6,12-14H2,1H3,(H,22,25). The summed E-state index contributed by atoms with van der Waals surface area (Å²) in [7, 11) is 1.66. The average molecular weight is 382 g/mol. The molecule has 3 aromatic rings. The molecule has 0 aliphatic carbocycles. The van der Waals surface area contributed by atoms with E-state index < -0.39 is 0 Å². The topological polar surface area (TPSA) is 54.5 Å². The second kappa shape index (κ2) is 7.96. The summed E-state index contributed by atoms with van der Waals surface area (Å²) in [6.07, 6.45) is 2.80. The van der Waals surface area contributed by atoms with Gasteiger partial charge in [0, 0.05) is 13.1 Å². The summed E-state index contributed by atoms with van der Waals surface area (Å²) >= 11 is 1.70. The number of methoxy groups -OCH3 is 1. The molecule has 6 heteroatoms. The lowest BCUT2D eigenvalue weighted by Crippen LogP contribution is -2.40. The zero-order valence-electron chi connectivity index (χ0n) is 15.4. The van der Waals surface area contributed by atoms with Crippen LogP contribution in [-0.2, 0) is 6.42 Å². The normalized spacial score (nSPS) is 16.6. The smallest absolute Gasteiger partial charge is 0.318 e. The number of fused-ring (bicyclic) bond motifs is 1. The largest absolute Gasteiger partial charge is 0.497 e. The number of likely N-dealkylation sites (tertiary alicyclic amines) is 1. The lowest BCUT2D eigenvalue weighted by Gasteiger charge is -2.23. The number of nitrogens with zero attached hydrogens (tertiary/aromatic N) is 2.